The summed E-state index contributed by atoms with van der Waals surface area (Å²) in [7, 11) is 1.89. The molecule has 1 heteroatoms. The van der Waals surface area contributed by atoms with E-state index in [9.17, 15) is 0 Å². The van der Waals surface area contributed by atoms with E-state index in [1.807, 2.05) is 39.1 Å². The lowest BCUT2D eigenvalue weighted by Gasteiger charge is -2.02. The van der Waals surface area contributed by atoms with Crippen LogP contribution in [0.15, 0.2) is 36.1 Å². The molecule has 0 rings (SSSR count). The number of allylic oxidation sites excluding steroid dienone is 4. The molecule has 0 aliphatic carbocycles. The van der Waals surface area contributed by atoms with Crippen molar-refractivity contribution in [2.75, 3.05) is 7.05 Å². The minimum atomic E-state index is 1.06. The van der Waals surface area contributed by atoms with Gasteiger partial charge >= 0.3 is 0 Å². The van der Waals surface area contributed by atoms with Gasteiger partial charge in [0, 0.05) is 12.7 Å². The van der Waals surface area contributed by atoms with Crippen LogP contribution in [0.2, 0.25) is 0 Å². The van der Waals surface area contributed by atoms with E-state index in [2.05, 4.69) is 11.9 Å². The maximum atomic E-state index is 3.81. The third-order valence-electron chi connectivity index (χ3n) is 1.18. The molecule has 0 heterocycles. The third kappa shape index (κ3) is 3.13. The topological polar surface area (TPSA) is 12.0 Å². The highest BCUT2D eigenvalue weighted by molar-refractivity contribution is 5.27. The van der Waals surface area contributed by atoms with Crippen molar-refractivity contribution >= 4 is 0 Å². The summed E-state index contributed by atoms with van der Waals surface area (Å²) >= 11 is 0. The molecule has 0 bridgehead atoms. The van der Waals surface area contributed by atoms with Gasteiger partial charge in [-0.25, -0.2) is 0 Å². The number of nitrogens with one attached hydrogen (secondary N) is 1. The molecular weight excluding hydrogens is 122 g/mol. The molecule has 0 radical (unpaired) electrons. The average Bonchev–Trinajstić information content (AvgIpc) is 1.89. The van der Waals surface area contributed by atoms with Crippen LogP contribution in [-0.4, -0.2) is 7.05 Å². The zero-order chi connectivity index (χ0) is 7.98. The molecule has 0 saturated carbocycles. The van der Waals surface area contributed by atoms with E-state index in [1.54, 1.807) is 0 Å². The van der Waals surface area contributed by atoms with Gasteiger partial charge in [0.1, 0.15) is 0 Å². The first kappa shape index (κ1) is 9.02. The molecule has 0 saturated heterocycles. The summed E-state index contributed by atoms with van der Waals surface area (Å²) in [6.45, 7) is 7.78. The SMILES string of the molecule is C=C(C)/C(=C\C=C/C)NC. The summed E-state index contributed by atoms with van der Waals surface area (Å²) in [6.07, 6.45) is 5.98. The monoisotopic (exact) mass is 137 g/mol. The Labute approximate surface area is 63.1 Å². The lowest BCUT2D eigenvalue weighted by molar-refractivity contribution is 1.00. The molecule has 0 unspecified atom stereocenters. The quantitative estimate of drug-likeness (QED) is 0.588. The fourth-order valence-corrected chi connectivity index (χ4v) is 0.631. The van der Waals surface area contributed by atoms with E-state index < -0.39 is 0 Å². The third-order valence-corrected chi connectivity index (χ3v) is 1.18. The largest absolute Gasteiger partial charge is 0.388 e. The molecule has 0 aromatic carbocycles. The summed E-state index contributed by atoms with van der Waals surface area (Å²) in [5, 5.41) is 3.05. The van der Waals surface area contributed by atoms with Crippen LogP contribution in [0.5, 0.6) is 0 Å². The van der Waals surface area contributed by atoms with Gasteiger partial charge in [0.15, 0.2) is 0 Å². The Morgan fingerprint density at radius 2 is 2.10 bits per heavy atom. The Bertz CT molecular complexity index is 164. The van der Waals surface area contributed by atoms with Crippen molar-refractivity contribution in [3.8, 4) is 0 Å². The molecule has 0 spiro atoms. The standard InChI is InChI=1S/C9H15N/c1-5-6-7-9(10-4)8(2)3/h5-7,10H,2H2,1,3-4H3/b6-5-,9-7+. The number of likely N-dealkylation sites (N-methyl/N-ethyl adjacent to an activating group) is 1. The summed E-state index contributed by atoms with van der Waals surface area (Å²) in [6, 6.07) is 0. The molecular formula is C9H15N. The summed E-state index contributed by atoms with van der Waals surface area (Å²) in [4.78, 5) is 0. The van der Waals surface area contributed by atoms with Crippen LogP contribution < -0.4 is 5.32 Å². The van der Waals surface area contributed by atoms with Gasteiger partial charge in [-0.05, 0) is 25.5 Å². The van der Waals surface area contributed by atoms with E-state index in [0.717, 1.165) is 11.3 Å². The van der Waals surface area contributed by atoms with Gasteiger partial charge in [-0.3, -0.25) is 0 Å². The second-order valence-electron chi connectivity index (χ2n) is 2.14. The van der Waals surface area contributed by atoms with Crippen LogP contribution in [0.3, 0.4) is 0 Å². The molecule has 0 aliphatic rings. The molecule has 0 aliphatic heterocycles. The zero-order valence-electron chi connectivity index (χ0n) is 6.94. The molecule has 56 valence electrons. The minimum Gasteiger partial charge on any atom is -0.388 e. The highest BCUT2D eigenvalue weighted by atomic mass is 14.8. The maximum absolute atomic E-state index is 3.81. The van der Waals surface area contributed by atoms with Gasteiger partial charge in [-0.1, -0.05) is 18.7 Å². The smallest absolute Gasteiger partial charge is 0.0361 e. The van der Waals surface area contributed by atoms with Crippen molar-refractivity contribution in [2.24, 2.45) is 0 Å². The summed E-state index contributed by atoms with van der Waals surface area (Å²) in [5.41, 5.74) is 2.14. The Hall–Kier alpha value is -0.980. The Balaban J connectivity index is 4.18. The van der Waals surface area contributed by atoms with E-state index in [4.69, 9.17) is 0 Å². The van der Waals surface area contributed by atoms with Crippen LogP contribution in [0.25, 0.3) is 0 Å². The number of hydrogen-bond acceptors (Lipinski definition) is 1. The Morgan fingerprint density at radius 1 is 1.50 bits per heavy atom. The zero-order valence-corrected chi connectivity index (χ0v) is 6.94. The van der Waals surface area contributed by atoms with Crippen molar-refractivity contribution in [3.63, 3.8) is 0 Å². The molecule has 0 aromatic rings. The second kappa shape index (κ2) is 4.86. The van der Waals surface area contributed by atoms with Gasteiger partial charge in [-0.15, -0.1) is 0 Å². The predicted molar refractivity (Wildman–Crippen MR) is 46.8 cm³/mol. The highest BCUT2D eigenvalue weighted by Gasteiger charge is 1.88. The molecule has 0 amide bonds. The van der Waals surface area contributed by atoms with Gasteiger partial charge in [0.25, 0.3) is 0 Å². The molecule has 1 nitrogen and oxygen atoms in total. The number of hydrogen-bond donors (Lipinski definition) is 1. The maximum Gasteiger partial charge on any atom is 0.0361 e. The second-order valence-corrected chi connectivity index (χ2v) is 2.14. The van der Waals surface area contributed by atoms with Gasteiger partial charge in [0.2, 0.25) is 0 Å². The van der Waals surface area contributed by atoms with E-state index in [1.165, 1.54) is 0 Å². The normalized spacial score (nSPS) is 12.1. The van der Waals surface area contributed by atoms with Crippen molar-refractivity contribution in [1.82, 2.24) is 5.32 Å². The molecule has 10 heavy (non-hydrogen) atoms. The molecule has 1 N–H and O–H groups in total. The fourth-order valence-electron chi connectivity index (χ4n) is 0.631. The fraction of sp³-hybridized carbons (Fsp3) is 0.333. The highest BCUT2D eigenvalue weighted by Crippen LogP contribution is 2.00. The lowest BCUT2D eigenvalue weighted by Crippen LogP contribution is -2.05. The average molecular weight is 137 g/mol. The number of rotatable bonds is 3. The summed E-state index contributed by atoms with van der Waals surface area (Å²) < 4.78 is 0. The van der Waals surface area contributed by atoms with Crippen LogP contribution in [0.1, 0.15) is 13.8 Å². The van der Waals surface area contributed by atoms with Crippen LogP contribution in [-0.2, 0) is 0 Å². The first-order chi connectivity index (χ1) is 4.72. The van der Waals surface area contributed by atoms with Gasteiger partial charge in [0.05, 0.1) is 0 Å². The van der Waals surface area contributed by atoms with Crippen molar-refractivity contribution in [3.05, 3.63) is 36.1 Å². The van der Waals surface area contributed by atoms with Gasteiger partial charge in [-0.2, -0.15) is 0 Å². The van der Waals surface area contributed by atoms with E-state index in [-0.39, 0.29) is 0 Å². The minimum absolute atomic E-state index is 1.06. The Morgan fingerprint density at radius 3 is 2.40 bits per heavy atom. The van der Waals surface area contributed by atoms with Gasteiger partial charge < -0.3 is 5.32 Å². The van der Waals surface area contributed by atoms with Crippen molar-refractivity contribution < 1.29 is 0 Å². The van der Waals surface area contributed by atoms with Crippen LogP contribution >= 0.6 is 0 Å². The predicted octanol–water partition coefficient (Wildman–Crippen LogP) is 2.24. The molecule has 0 fully saturated rings. The first-order valence-corrected chi connectivity index (χ1v) is 3.39. The summed E-state index contributed by atoms with van der Waals surface area (Å²) in [5.74, 6) is 0. The van der Waals surface area contributed by atoms with E-state index >= 15 is 0 Å². The molecule has 0 aromatic heterocycles. The van der Waals surface area contributed by atoms with Crippen molar-refractivity contribution in [1.29, 1.82) is 0 Å². The Kier molecular flexibility index (Phi) is 4.38. The lowest BCUT2D eigenvalue weighted by atomic mass is 10.2. The van der Waals surface area contributed by atoms with E-state index in [0.29, 0.717) is 0 Å². The molecule has 0 atom stereocenters. The van der Waals surface area contributed by atoms with Crippen LogP contribution in [0.4, 0.5) is 0 Å². The van der Waals surface area contributed by atoms with Crippen molar-refractivity contribution in [2.45, 2.75) is 13.8 Å². The first-order valence-electron chi connectivity index (χ1n) is 3.39. The van der Waals surface area contributed by atoms with Crippen LogP contribution in [0, 0.1) is 0 Å².